The summed E-state index contributed by atoms with van der Waals surface area (Å²) < 4.78 is 38.2. The van der Waals surface area contributed by atoms with E-state index in [0.29, 0.717) is 6.04 Å². The lowest BCUT2D eigenvalue weighted by Crippen LogP contribution is -2.32. The number of benzene rings is 1. The Labute approximate surface area is 112 Å². The van der Waals surface area contributed by atoms with E-state index in [1.165, 1.54) is 12.1 Å². The van der Waals surface area contributed by atoms with Gasteiger partial charge in [0.05, 0.1) is 5.56 Å². The van der Waals surface area contributed by atoms with E-state index in [1.807, 2.05) is 20.2 Å². The van der Waals surface area contributed by atoms with Crippen LogP contribution in [0.3, 0.4) is 0 Å². The molecule has 0 heterocycles. The zero-order valence-corrected chi connectivity index (χ0v) is 11.4. The fourth-order valence-electron chi connectivity index (χ4n) is 2.90. The van der Waals surface area contributed by atoms with Crippen molar-refractivity contribution in [2.45, 2.75) is 43.8 Å². The second-order valence-electron chi connectivity index (χ2n) is 5.60. The van der Waals surface area contributed by atoms with Crippen molar-refractivity contribution in [2.75, 3.05) is 14.1 Å². The Bertz CT molecular complexity index is 426. The van der Waals surface area contributed by atoms with Crippen LogP contribution in [0.25, 0.3) is 0 Å². The number of halogens is 3. The lowest BCUT2D eigenvalue weighted by Gasteiger charge is -2.33. The molecule has 1 aliphatic rings. The zero-order chi connectivity index (χ0) is 14.0. The van der Waals surface area contributed by atoms with Crippen molar-refractivity contribution in [2.24, 2.45) is 0 Å². The second kappa shape index (κ2) is 5.53. The summed E-state index contributed by atoms with van der Waals surface area (Å²) in [7, 11) is 4.08. The van der Waals surface area contributed by atoms with Crippen molar-refractivity contribution < 1.29 is 13.2 Å². The van der Waals surface area contributed by atoms with Gasteiger partial charge in [-0.15, -0.1) is 0 Å². The summed E-state index contributed by atoms with van der Waals surface area (Å²) >= 11 is 0. The quantitative estimate of drug-likeness (QED) is 0.775. The molecule has 0 amide bonds. The maximum Gasteiger partial charge on any atom is 0.416 e. The predicted molar refractivity (Wildman–Crippen MR) is 70.1 cm³/mol. The van der Waals surface area contributed by atoms with Crippen LogP contribution in [-0.2, 0) is 6.18 Å². The van der Waals surface area contributed by atoms with Gasteiger partial charge in [0.25, 0.3) is 0 Å². The Morgan fingerprint density at radius 1 is 1.16 bits per heavy atom. The van der Waals surface area contributed by atoms with E-state index in [1.54, 1.807) is 0 Å². The first kappa shape index (κ1) is 14.4. The van der Waals surface area contributed by atoms with Crippen molar-refractivity contribution >= 4 is 0 Å². The van der Waals surface area contributed by atoms with Crippen molar-refractivity contribution in [3.05, 3.63) is 35.4 Å². The van der Waals surface area contributed by atoms with E-state index in [4.69, 9.17) is 0 Å². The van der Waals surface area contributed by atoms with E-state index in [0.717, 1.165) is 37.3 Å². The van der Waals surface area contributed by atoms with Crippen LogP contribution in [-0.4, -0.2) is 25.0 Å². The van der Waals surface area contributed by atoms with Crippen LogP contribution in [0, 0.1) is 0 Å². The van der Waals surface area contributed by atoms with Gasteiger partial charge in [-0.3, -0.25) is 0 Å². The highest BCUT2D eigenvalue weighted by Crippen LogP contribution is 2.37. The summed E-state index contributed by atoms with van der Waals surface area (Å²) in [5.74, 6) is 0.253. The highest BCUT2D eigenvalue weighted by Gasteiger charge is 2.32. The summed E-state index contributed by atoms with van der Waals surface area (Å²) in [6.07, 6.45) is -0.0716. The van der Waals surface area contributed by atoms with Crippen LogP contribution >= 0.6 is 0 Å². The molecular formula is C15H20F3N. The van der Waals surface area contributed by atoms with Crippen molar-refractivity contribution in [1.29, 1.82) is 0 Å². The lowest BCUT2D eigenvalue weighted by atomic mass is 9.80. The van der Waals surface area contributed by atoms with Crippen LogP contribution < -0.4 is 0 Å². The molecule has 2 atom stereocenters. The smallest absolute Gasteiger partial charge is 0.306 e. The monoisotopic (exact) mass is 271 g/mol. The maximum absolute atomic E-state index is 12.7. The normalized spacial score (nSPS) is 24.7. The van der Waals surface area contributed by atoms with E-state index in [-0.39, 0.29) is 5.92 Å². The van der Waals surface area contributed by atoms with Gasteiger partial charge >= 0.3 is 6.18 Å². The predicted octanol–water partition coefficient (Wildman–Crippen LogP) is 4.29. The minimum atomic E-state index is -4.24. The maximum atomic E-state index is 12.7. The van der Waals surface area contributed by atoms with Crippen molar-refractivity contribution in [3.63, 3.8) is 0 Å². The van der Waals surface area contributed by atoms with Gasteiger partial charge in [-0.05, 0) is 50.9 Å². The SMILES string of the molecule is CN(C)C1CCC[C@@H](c2cccc(C(F)(F)F)c2)C1. The minimum Gasteiger partial charge on any atom is -0.306 e. The third-order valence-electron chi connectivity index (χ3n) is 4.06. The second-order valence-corrected chi connectivity index (χ2v) is 5.60. The Hall–Kier alpha value is -1.03. The van der Waals surface area contributed by atoms with Gasteiger partial charge in [-0.2, -0.15) is 13.2 Å². The molecule has 0 aromatic heterocycles. The van der Waals surface area contributed by atoms with Crippen molar-refractivity contribution in [3.8, 4) is 0 Å². The number of alkyl halides is 3. The molecule has 1 unspecified atom stereocenters. The molecular weight excluding hydrogens is 251 g/mol. The average Bonchev–Trinajstić information content (AvgIpc) is 2.38. The number of hydrogen-bond acceptors (Lipinski definition) is 1. The van der Waals surface area contributed by atoms with Crippen LogP contribution in [0.1, 0.15) is 42.7 Å². The van der Waals surface area contributed by atoms with Gasteiger partial charge in [-0.25, -0.2) is 0 Å². The van der Waals surface area contributed by atoms with Gasteiger partial charge in [0.15, 0.2) is 0 Å². The Morgan fingerprint density at radius 3 is 2.53 bits per heavy atom. The average molecular weight is 271 g/mol. The zero-order valence-electron chi connectivity index (χ0n) is 11.4. The van der Waals surface area contributed by atoms with E-state index < -0.39 is 11.7 Å². The van der Waals surface area contributed by atoms with Crippen LogP contribution in [0.5, 0.6) is 0 Å². The van der Waals surface area contributed by atoms with Gasteiger partial charge < -0.3 is 4.90 Å². The molecule has 106 valence electrons. The van der Waals surface area contributed by atoms with E-state index >= 15 is 0 Å². The van der Waals surface area contributed by atoms with Gasteiger partial charge in [0, 0.05) is 6.04 Å². The van der Waals surface area contributed by atoms with E-state index in [2.05, 4.69) is 4.90 Å². The Morgan fingerprint density at radius 2 is 1.89 bits per heavy atom. The molecule has 4 heteroatoms. The molecule has 1 aliphatic carbocycles. The summed E-state index contributed by atoms with van der Waals surface area (Å²) in [5, 5.41) is 0. The van der Waals surface area contributed by atoms with Crippen molar-refractivity contribution in [1.82, 2.24) is 4.90 Å². The number of hydrogen-bond donors (Lipinski definition) is 0. The summed E-state index contributed by atoms with van der Waals surface area (Å²) in [6, 6.07) is 6.31. The topological polar surface area (TPSA) is 3.24 Å². The standard InChI is InChI=1S/C15H20F3N/c1-19(2)14-8-4-6-12(10-14)11-5-3-7-13(9-11)15(16,17)18/h3,5,7,9,12,14H,4,6,8,10H2,1-2H3/t12-,14?/m1/s1. The van der Waals surface area contributed by atoms with Gasteiger partial charge in [0.1, 0.15) is 0 Å². The molecule has 1 fully saturated rings. The highest BCUT2D eigenvalue weighted by atomic mass is 19.4. The fourth-order valence-corrected chi connectivity index (χ4v) is 2.90. The highest BCUT2D eigenvalue weighted by molar-refractivity contribution is 5.28. The van der Waals surface area contributed by atoms with Gasteiger partial charge in [0.2, 0.25) is 0 Å². The molecule has 0 bridgehead atoms. The molecule has 1 nitrogen and oxygen atoms in total. The molecule has 0 spiro atoms. The Kier molecular flexibility index (Phi) is 4.19. The van der Waals surface area contributed by atoms with Crippen LogP contribution in [0.15, 0.2) is 24.3 Å². The third-order valence-corrected chi connectivity index (χ3v) is 4.06. The third kappa shape index (κ3) is 3.50. The lowest BCUT2D eigenvalue weighted by molar-refractivity contribution is -0.137. The minimum absolute atomic E-state index is 0.253. The summed E-state index contributed by atoms with van der Waals surface area (Å²) in [4.78, 5) is 2.18. The summed E-state index contributed by atoms with van der Waals surface area (Å²) in [6.45, 7) is 0. The van der Waals surface area contributed by atoms with Gasteiger partial charge in [-0.1, -0.05) is 24.6 Å². The summed E-state index contributed by atoms with van der Waals surface area (Å²) in [5.41, 5.74) is 0.304. The number of nitrogens with zero attached hydrogens (tertiary/aromatic N) is 1. The molecule has 0 aliphatic heterocycles. The van der Waals surface area contributed by atoms with Crippen LogP contribution in [0.4, 0.5) is 13.2 Å². The molecule has 1 saturated carbocycles. The first-order chi connectivity index (χ1) is 8.88. The molecule has 0 radical (unpaired) electrons. The molecule has 1 aromatic rings. The molecule has 19 heavy (non-hydrogen) atoms. The van der Waals surface area contributed by atoms with Crippen LogP contribution in [0.2, 0.25) is 0 Å². The molecule has 0 saturated heterocycles. The largest absolute Gasteiger partial charge is 0.416 e. The molecule has 2 rings (SSSR count). The fraction of sp³-hybridized carbons (Fsp3) is 0.600. The number of rotatable bonds is 2. The molecule has 1 aromatic carbocycles. The first-order valence-electron chi connectivity index (χ1n) is 6.71. The van der Waals surface area contributed by atoms with E-state index in [9.17, 15) is 13.2 Å². The first-order valence-corrected chi connectivity index (χ1v) is 6.71. The Balaban J connectivity index is 2.17. The molecule has 0 N–H and O–H groups in total.